The summed E-state index contributed by atoms with van der Waals surface area (Å²) in [5.41, 5.74) is 1.83. The van der Waals surface area contributed by atoms with E-state index in [-0.39, 0.29) is 36.1 Å². The van der Waals surface area contributed by atoms with Gasteiger partial charge in [-0.05, 0) is 41.0 Å². The summed E-state index contributed by atoms with van der Waals surface area (Å²) in [6, 6.07) is 11.0. The minimum Gasteiger partial charge on any atom is -0.502 e. The molecule has 1 unspecified atom stereocenters. The Morgan fingerprint density at radius 3 is 2.61 bits per heavy atom. The average Bonchev–Trinajstić information content (AvgIpc) is 3.03. The molecule has 1 saturated heterocycles. The number of amides is 1. The van der Waals surface area contributed by atoms with Gasteiger partial charge in [0.05, 0.1) is 19.3 Å². The Kier molecular flexibility index (Phi) is 5.53. The molecule has 1 aromatic heterocycles. The van der Waals surface area contributed by atoms with Crippen LogP contribution >= 0.6 is 11.8 Å². The van der Waals surface area contributed by atoms with Crippen LogP contribution in [0.25, 0.3) is 0 Å². The Balaban J connectivity index is 1.69. The molecule has 1 aliphatic carbocycles. The third-order valence-corrected chi connectivity index (χ3v) is 8.27. The minimum absolute atomic E-state index is 0.131. The van der Waals surface area contributed by atoms with Crippen LogP contribution in [0.1, 0.15) is 44.0 Å². The Labute approximate surface area is 209 Å². The van der Waals surface area contributed by atoms with Gasteiger partial charge in [-0.3, -0.25) is 19.3 Å². The summed E-state index contributed by atoms with van der Waals surface area (Å²) in [7, 11) is 0. The van der Waals surface area contributed by atoms with Gasteiger partial charge in [0, 0.05) is 24.1 Å². The van der Waals surface area contributed by atoms with E-state index < -0.39 is 40.9 Å². The van der Waals surface area contributed by atoms with Crippen molar-refractivity contribution in [3.05, 3.63) is 98.5 Å². The molecule has 0 spiro atoms. The van der Waals surface area contributed by atoms with E-state index in [9.17, 15) is 19.1 Å². The lowest BCUT2D eigenvalue weighted by Gasteiger charge is -2.51. The van der Waals surface area contributed by atoms with E-state index >= 15 is 4.39 Å². The van der Waals surface area contributed by atoms with Crippen LogP contribution in [0.5, 0.6) is 5.75 Å². The standard InChI is InChI=1S/C26H23F2N3O4S/c1-36-20-12-17-16(6-7-18(27)22(17)28)23(15-5-3-2-4-14(15)20)31-21-13-35-11-10-29(21)26(34)24-25(33)19(32)8-9-30(24)31/h2-9,20-21,23,33H,10-13H2,1H3/t20?,21-,23-/m1/s1. The third kappa shape index (κ3) is 3.27. The van der Waals surface area contributed by atoms with Gasteiger partial charge in [-0.2, -0.15) is 11.8 Å². The first-order valence-electron chi connectivity index (χ1n) is 11.6. The van der Waals surface area contributed by atoms with Crippen LogP contribution in [0.2, 0.25) is 0 Å². The van der Waals surface area contributed by atoms with Crippen molar-refractivity contribution in [1.82, 2.24) is 9.58 Å². The highest BCUT2D eigenvalue weighted by molar-refractivity contribution is 7.98. The molecule has 186 valence electrons. The summed E-state index contributed by atoms with van der Waals surface area (Å²) >= 11 is 1.56. The van der Waals surface area contributed by atoms with Crippen LogP contribution in [0.15, 0.2) is 53.5 Å². The Hall–Kier alpha value is -3.37. The molecule has 36 heavy (non-hydrogen) atoms. The number of nitrogens with zero attached hydrogens (tertiary/aromatic N) is 3. The number of pyridine rings is 1. The lowest BCUT2D eigenvalue weighted by Crippen LogP contribution is -2.66. The molecule has 10 heteroatoms. The van der Waals surface area contributed by atoms with E-state index in [1.54, 1.807) is 22.7 Å². The summed E-state index contributed by atoms with van der Waals surface area (Å²) in [5.74, 6) is -2.94. The maximum atomic E-state index is 15.4. The summed E-state index contributed by atoms with van der Waals surface area (Å²) in [4.78, 5) is 27.3. The first-order chi connectivity index (χ1) is 17.4. The van der Waals surface area contributed by atoms with E-state index in [0.29, 0.717) is 12.2 Å². The van der Waals surface area contributed by atoms with Gasteiger partial charge < -0.3 is 14.7 Å². The van der Waals surface area contributed by atoms with Gasteiger partial charge in [0.1, 0.15) is 6.17 Å². The summed E-state index contributed by atoms with van der Waals surface area (Å²) < 4.78 is 37.1. The van der Waals surface area contributed by atoms with Crippen molar-refractivity contribution < 1.29 is 23.4 Å². The SMILES string of the molecule is CSC1Cc2c(ccc(F)c2F)[C@H](N2[C@@H]3COCCN3C(=O)c3c(O)c(=O)ccn32)c2ccccc21. The molecule has 3 aliphatic rings. The molecule has 2 aliphatic heterocycles. The van der Waals surface area contributed by atoms with Crippen molar-refractivity contribution in [1.29, 1.82) is 0 Å². The number of benzene rings is 2. The molecule has 3 aromatic rings. The maximum absolute atomic E-state index is 15.4. The number of carbonyl (C=O) groups excluding carboxylic acids is 1. The number of hydrogen-bond acceptors (Lipinski definition) is 6. The summed E-state index contributed by atoms with van der Waals surface area (Å²) in [6.45, 7) is 0.733. The fourth-order valence-corrected chi connectivity index (χ4v) is 6.42. The Bertz CT molecular complexity index is 1450. The van der Waals surface area contributed by atoms with Gasteiger partial charge in [-0.25, -0.2) is 8.78 Å². The van der Waals surface area contributed by atoms with Crippen molar-refractivity contribution in [3.8, 4) is 5.75 Å². The van der Waals surface area contributed by atoms with E-state index in [4.69, 9.17) is 4.74 Å². The van der Waals surface area contributed by atoms with Crippen LogP contribution in [-0.2, 0) is 11.2 Å². The van der Waals surface area contributed by atoms with Crippen molar-refractivity contribution in [2.75, 3.05) is 31.0 Å². The van der Waals surface area contributed by atoms with Crippen molar-refractivity contribution >= 4 is 17.7 Å². The van der Waals surface area contributed by atoms with E-state index in [1.165, 1.54) is 16.9 Å². The fraction of sp³-hybridized carbons (Fsp3) is 0.308. The number of fused-ring (bicyclic) bond motifs is 4. The number of halogens is 2. The number of rotatable bonds is 2. The number of carbonyl (C=O) groups is 1. The van der Waals surface area contributed by atoms with E-state index in [2.05, 4.69) is 0 Å². The van der Waals surface area contributed by atoms with Crippen LogP contribution in [-0.4, -0.2) is 52.8 Å². The number of aromatic nitrogens is 1. The van der Waals surface area contributed by atoms with Gasteiger partial charge in [0.2, 0.25) is 5.43 Å². The van der Waals surface area contributed by atoms with Crippen LogP contribution in [0.4, 0.5) is 8.78 Å². The molecule has 1 amide bonds. The number of aromatic hydroxyl groups is 1. The summed E-state index contributed by atoms with van der Waals surface area (Å²) in [5, 5.41) is 12.4. The average molecular weight is 512 g/mol. The first kappa shape index (κ1) is 23.1. The lowest BCUT2D eigenvalue weighted by molar-refractivity contribution is -0.0197. The molecule has 3 heterocycles. The smallest absolute Gasteiger partial charge is 0.278 e. The second-order valence-electron chi connectivity index (χ2n) is 9.04. The zero-order chi connectivity index (χ0) is 25.1. The number of hydrogen-bond donors (Lipinski definition) is 1. The molecule has 0 radical (unpaired) electrons. The third-order valence-electron chi connectivity index (χ3n) is 7.28. The first-order valence-corrected chi connectivity index (χ1v) is 12.9. The second-order valence-corrected chi connectivity index (χ2v) is 10.1. The highest BCUT2D eigenvalue weighted by Crippen LogP contribution is 2.46. The van der Waals surface area contributed by atoms with Gasteiger partial charge in [-0.1, -0.05) is 30.3 Å². The molecular weight excluding hydrogens is 488 g/mol. The fourth-order valence-electron chi connectivity index (χ4n) is 5.61. The molecule has 1 N–H and O–H groups in total. The molecule has 3 atom stereocenters. The van der Waals surface area contributed by atoms with Gasteiger partial charge in [-0.15, -0.1) is 0 Å². The molecule has 7 nitrogen and oxygen atoms in total. The van der Waals surface area contributed by atoms with Crippen LogP contribution < -0.4 is 10.4 Å². The van der Waals surface area contributed by atoms with E-state index in [1.807, 2.05) is 35.5 Å². The Morgan fingerprint density at radius 2 is 1.83 bits per heavy atom. The molecule has 1 fully saturated rings. The largest absolute Gasteiger partial charge is 0.502 e. The minimum atomic E-state index is -0.920. The topological polar surface area (TPSA) is 75.0 Å². The summed E-state index contributed by atoms with van der Waals surface area (Å²) in [6.07, 6.45) is 3.06. The number of thioether (sulfide) groups is 1. The molecule has 0 bridgehead atoms. The normalized spacial score (nSPS) is 22.9. The van der Waals surface area contributed by atoms with Gasteiger partial charge in [0.25, 0.3) is 5.91 Å². The zero-order valence-electron chi connectivity index (χ0n) is 19.4. The lowest BCUT2D eigenvalue weighted by atomic mass is 9.92. The highest BCUT2D eigenvalue weighted by atomic mass is 32.2. The predicted octanol–water partition coefficient (Wildman–Crippen LogP) is 3.33. The number of ether oxygens (including phenoxy) is 1. The number of morpholine rings is 1. The highest BCUT2D eigenvalue weighted by Gasteiger charge is 2.46. The van der Waals surface area contributed by atoms with Gasteiger partial charge >= 0.3 is 0 Å². The quantitative estimate of drug-likeness (QED) is 0.569. The Morgan fingerprint density at radius 1 is 1.06 bits per heavy atom. The molecule has 0 saturated carbocycles. The molecule has 2 aromatic carbocycles. The van der Waals surface area contributed by atoms with Crippen LogP contribution in [0.3, 0.4) is 0 Å². The maximum Gasteiger partial charge on any atom is 0.278 e. The van der Waals surface area contributed by atoms with Crippen molar-refractivity contribution in [2.24, 2.45) is 0 Å². The van der Waals surface area contributed by atoms with Crippen molar-refractivity contribution in [3.63, 3.8) is 0 Å². The molecule has 6 rings (SSSR count). The zero-order valence-corrected chi connectivity index (χ0v) is 20.2. The van der Waals surface area contributed by atoms with Crippen LogP contribution in [0, 0.1) is 11.6 Å². The van der Waals surface area contributed by atoms with Crippen molar-refractivity contribution in [2.45, 2.75) is 23.9 Å². The predicted molar refractivity (Wildman–Crippen MR) is 131 cm³/mol. The monoisotopic (exact) mass is 511 g/mol. The van der Waals surface area contributed by atoms with E-state index in [0.717, 1.165) is 17.2 Å². The van der Waals surface area contributed by atoms with Gasteiger partial charge in [0.15, 0.2) is 23.1 Å². The molecular formula is C26H23F2N3O4S. The second kappa shape index (κ2) is 8.63.